The van der Waals surface area contributed by atoms with Gasteiger partial charge in [0, 0.05) is 4.47 Å². The Morgan fingerprint density at radius 1 is 1.38 bits per heavy atom. The van der Waals surface area contributed by atoms with Gasteiger partial charge in [-0.25, -0.2) is 4.79 Å². The van der Waals surface area contributed by atoms with E-state index in [1.165, 1.54) is 12.1 Å². The summed E-state index contributed by atoms with van der Waals surface area (Å²) in [6, 6.07) is 4.50. The number of aromatic hydroxyl groups is 1. The third kappa shape index (κ3) is 1.57. The van der Waals surface area contributed by atoms with Crippen LogP contribution in [0.5, 0.6) is 5.75 Å². The Morgan fingerprint density at radius 3 is 2.69 bits per heavy atom. The van der Waals surface area contributed by atoms with E-state index in [1.807, 2.05) is 0 Å². The fourth-order valence-corrected chi connectivity index (χ4v) is 1.64. The maximum atomic E-state index is 11.6. The molecule has 0 atom stereocenters. The highest BCUT2D eigenvalue weighted by Crippen LogP contribution is 2.22. The molecular weight excluding hydrogens is 280 g/mol. The van der Waals surface area contributed by atoms with E-state index >= 15 is 0 Å². The van der Waals surface area contributed by atoms with Crippen molar-refractivity contribution in [3.05, 3.63) is 38.7 Å². The number of hydrogen-bond acceptors (Lipinski definition) is 4. The van der Waals surface area contributed by atoms with Crippen molar-refractivity contribution in [2.45, 2.75) is 0 Å². The van der Waals surface area contributed by atoms with E-state index < -0.39 is 22.9 Å². The van der Waals surface area contributed by atoms with Crippen molar-refractivity contribution in [1.82, 2.24) is 0 Å². The third-order valence-corrected chi connectivity index (χ3v) is 2.52. The minimum absolute atomic E-state index is 0.106. The van der Waals surface area contributed by atoms with Crippen molar-refractivity contribution in [2.24, 2.45) is 0 Å². The molecule has 0 saturated carbocycles. The third-order valence-electron chi connectivity index (χ3n) is 2.02. The molecule has 1 heterocycles. The van der Waals surface area contributed by atoms with Crippen molar-refractivity contribution in [3.63, 3.8) is 0 Å². The predicted molar refractivity (Wildman–Crippen MR) is 58.8 cm³/mol. The number of carboxylic acids is 1. The van der Waals surface area contributed by atoms with Gasteiger partial charge < -0.3 is 14.6 Å². The molecule has 0 aliphatic heterocycles. The standard InChI is InChI=1S/C10H5BrO5/c11-4-1-2-5-6(3-4)16-9(10(14)15)8(13)7(5)12/h1-3,13H,(H,14,15). The minimum atomic E-state index is -1.49. The predicted octanol–water partition coefficient (Wildman–Crippen LogP) is 1.96. The molecule has 0 aliphatic rings. The Bertz CT molecular complexity index is 643. The van der Waals surface area contributed by atoms with Gasteiger partial charge in [-0.05, 0) is 18.2 Å². The molecule has 2 rings (SSSR count). The van der Waals surface area contributed by atoms with Gasteiger partial charge in [-0.15, -0.1) is 0 Å². The van der Waals surface area contributed by atoms with E-state index in [0.29, 0.717) is 4.47 Å². The van der Waals surface area contributed by atoms with Gasteiger partial charge in [0.1, 0.15) is 5.58 Å². The molecule has 0 aliphatic carbocycles. The highest BCUT2D eigenvalue weighted by molar-refractivity contribution is 9.10. The maximum absolute atomic E-state index is 11.6. The zero-order valence-electron chi connectivity index (χ0n) is 7.73. The molecule has 82 valence electrons. The van der Waals surface area contributed by atoms with Crippen LogP contribution in [-0.4, -0.2) is 16.2 Å². The van der Waals surface area contributed by atoms with Gasteiger partial charge in [-0.3, -0.25) is 4.79 Å². The average Bonchev–Trinajstić information content (AvgIpc) is 2.22. The van der Waals surface area contributed by atoms with E-state index in [1.54, 1.807) is 6.07 Å². The van der Waals surface area contributed by atoms with Crippen LogP contribution >= 0.6 is 15.9 Å². The van der Waals surface area contributed by atoms with Crippen molar-refractivity contribution < 1.29 is 19.4 Å². The van der Waals surface area contributed by atoms with Crippen molar-refractivity contribution >= 4 is 32.9 Å². The largest absolute Gasteiger partial charge is 0.501 e. The lowest BCUT2D eigenvalue weighted by molar-refractivity contribution is 0.0657. The summed E-state index contributed by atoms with van der Waals surface area (Å²) in [5, 5.41) is 18.2. The van der Waals surface area contributed by atoms with Crippen LogP contribution in [0.25, 0.3) is 11.0 Å². The topological polar surface area (TPSA) is 87.7 Å². The van der Waals surface area contributed by atoms with Crippen LogP contribution in [0.2, 0.25) is 0 Å². The van der Waals surface area contributed by atoms with Crippen molar-refractivity contribution in [2.75, 3.05) is 0 Å². The summed E-state index contributed by atoms with van der Waals surface area (Å²) in [5.41, 5.74) is -0.652. The molecule has 0 radical (unpaired) electrons. The molecule has 1 aromatic heterocycles. The number of carboxylic acid groups (broad SMARTS) is 1. The molecule has 0 saturated heterocycles. The Morgan fingerprint density at radius 2 is 2.06 bits per heavy atom. The van der Waals surface area contributed by atoms with Crippen LogP contribution < -0.4 is 5.43 Å². The molecular formula is C10H5BrO5. The normalized spacial score (nSPS) is 10.6. The Labute approximate surface area is 97.1 Å². The minimum Gasteiger partial charge on any atom is -0.501 e. The number of benzene rings is 1. The van der Waals surface area contributed by atoms with Crippen LogP contribution in [0.4, 0.5) is 0 Å². The second kappa shape index (κ2) is 3.64. The molecule has 0 amide bonds. The molecule has 0 unspecified atom stereocenters. The Kier molecular flexibility index (Phi) is 2.43. The lowest BCUT2D eigenvalue weighted by Gasteiger charge is -2.01. The molecule has 2 aromatic rings. The summed E-state index contributed by atoms with van der Waals surface area (Å²) in [4.78, 5) is 22.3. The molecule has 1 aromatic carbocycles. The number of halogens is 1. The molecule has 6 heteroatoms. The monoisotopic (exact) mass is 284 g/mol. The zero-order chi connectivity index (χ0) is 11.9. The maximum Gasteiger partial charge on any atom is 0.375 e. The lowest BCUT2D eigenvalue weighted by Crippen LogP contribution is -2.08. The second-order valence-corrected chi connectivity index (χ2v) is 3.97. The number of hydrogen-bond donors (Lipinski definition) is 2. The first-order chi connectivity index (χ1) is 7.50. The van der Waals surface area contributed by atoms with Gasteiger partial charge in [0.25, 0.3) is 5.76 Å². The van der Waals surface area contributed by atoms with Gasteiger partial charge in [-0.1, -0.05) is 15.9 Å². The van der Waals surface area contributed by atoms with Crippen LogP contribution in [0.3, 0.4) is 0 Å². The lowest BCUT2D eigenvalue weighted by atomic mass is 10.2. The van der Waals surface area contributed by atoms with E-state index in [-0.39, 0.29) is 11.0 Å². The molecule has 0 spiro atoms. The summed E-state index contributed by atoms with van der Waals surface area (Å²) in [5.74, 6) is -3.13. The van der Waals surface area contributed by atoms with E-state index in [4.69, 9.17) is 9.52 Å². The number of carbonyl (C=O) groups is 1. The molecule has 0 fully saturated rings. The second-order valence-electron chi connectivity index (χ2n) is 3.05. The molecule has 16 heavy (non-hydrogen) atoms. The fraction of sp³-hybridized carbons (Fsp3) is 0. The molecule has 0 bridgehead atoms. The van der Waals surface area contributed by atoms with Gasteiger partial charge in [0.15, 0.2) is 0 Å². The van der Waals surface area contributed by atoms with Gasteiger partial charge >= 0.3 is 5.97 Å². The van der Waals surface area contributed by atoms with Gasteiger partial charge in [0.05, 0.1) is 5.39 Å². The van der Waals surface area contributed by atoms with Gasteiger partial charge in [0.2, 0.25) is 11.2 Å². The number of aromatic carboxylic acids is 1. The highest BCUT2D eigenvalue weighted by atomic mass is 79.9. The number of fused-ring (bicyclic) bond motifs is 1. The Hall–Kier alpha value is -1.82. The van der Waals surface area contributed by atoms with Crippen LogP contribution in [0.15, 0.2) is 31.9 Å². The van der Waals surface area contributed by atoms with Crippen LogP contribution in [0, 0.1) is 0 Å². The van der Waals surface area contributed by atoms with Crippen molar-refractivity contribution in [3.8, 4) is 5.75 Å². The molecule has 2 N–H and O–H groups in total. The highest BCUT2D eigenvalue weighted by Gasteiger charge is 2.18. The first kappa shape index (κ1) is 10.7. The first-order valence-corrected chi connectivity index (χ1v) is 4.98. The quantitative estimate of drug-likeness (QED) is 0.836. The summed E-state index contributed by atoms with van der Waals surface area (Å²) < 4.78 is 5.58. The Balaban J connectivity index is 2.94. The summed E-state index contributed by atoms with van der Waals surface area (Å²) in [6.07, 6.45) is 0. The zero-order valence-corrected chi connectivity index (χ0v) is 9.32. The molecule has 5 nitrogen and oxygen atoms in total. The fourth-order valence-electron chi connectivity index (χ4n) is 1.30. The van der Waals surface area contributed by atoms with Gasteiger partial charge in [-0.2, -0.15) is 0 Å². The average molecular weight is 285 g/mol. The summed E-state index contributed by atoms with van der Waals surface area (Å²) in [7, 11) is 0. The smallest absolute Gasteiger partial charge is 0.375 e. The van der Waals surface area contributed by atoms with E-state index in [0.717, 1.165) is 0 Å². The summed E-state index contributed by atoms with van der Waals surface area (Å²) >= 11 is 3.17. The first-order valence-electron chi connectivity index (χ1n) is 4.19. The summed E-state index contributed by atoms with van der Waals surface area (Å²) in [6.45, 7) is 0. The van der Waals surface area contributed by atoms with Crippen molar-refractivity contribution in [1.29, 1.82) is 0 Å². The van der Waals surface area contributed by atoms with Crippen LogP contribution in [0.1, 0.15) is 10.6 Å². The van der Waals surface area contributed by atoms with E-state index in [9.17, 15) is 14.7 Å². The van der Waals surface area contributed by atoms with E-state index in [2.05, 4.69) is 15.9 Å². The van der Waals surface area contributed by atoms with Crippen LogP contribution in [-0.2, 0) is 0 Å². The SMILES string of the molecule is O=C(O)c1oc2cc(Br)ccc2c(=O)c1O. The number of rotatable bonds is 1.